The van der Waals surface area contributed by atoms with Crippen molar-refractivity contribution in [3.8, 4) is 11.4 Å². The molecule has 0 amide bonds. The third-order valence-corrected chi connectivity index (χ3v) is 9.72. The number of nitrogens with one attached hydrogen (secondary N) is 1. The molecule has 5 N–H and O–H groups in total. The van der Waals surface area contributed by atoms with Crippen molar-refractivity contribution in [3.63, 3.8) is 0 Å². The van der Waals surface area contributed by atoms with Crippen molar-refractivity contribution >= 4 is 19.8 Å². The lowest BCUT2D eigenvalue weighted by molar-refractivity contribution is -0.143. The van der Waals surface area contributed by atoms with Crippen LogP contribution in [0.4, 0.5) is 17.6 Å². The van der Waals surface area contributed by atoms with Crippen LogP contribution in [0.2, 0.25) is 0 Å². The topological polar surface area (TPSA) is 145 Å². The van der Waals surface area contributed by atoms with Gasteiger partial charge in [0.25, 0.3) is 0 Å². The van der Waals surface area contributed by atoms with Gasteiger partial charge in [-0.15, -0.1) is 0 Å². The van der Waals surface area contributed by atoms with E-state index >= 15 is 0 Å². The molecule has 0 bridgehead atoms. The molecule has 0 aliphatic carbocycles. The van der Waals surface area contributed by atoms with Crippen molar-refractivity contribution in [2.24, 2.45) is 0 Å². The first-order chi connectivity index (χ1) is 17.3. The molecule has 0 aromatic rings. The highest BCUT2D eigenvalue weighted by molar-refractivity contribution is 7.71. The van der Waals surface area contributed by atoms with E-state index in [1.54, 1.807) is 6.92 Å². The van der Waals surface area contributed by atoms with Crippen LogP contribution < -0.4 is 0 Å². The van der Waals surface area contributed by atoms with Gasteiger partial charge < -0.3 is 34.5 Å². The Hall–Kier alpha value is -1.51. The quantitative estimate of drug-likeness (QED) is 0.168. The standard InChI is InChI=1S/C23H31F4N2O7PS/c1-6-21(4,36-37(33,34)22(5,32)7-2)9-13-15(30)16(31)17(35-13)12-8-11-10(3)14(24)18(23(25,26)27)28-19(11)29-20(12)38/h8,13,15-17,30-32H,6-7,9H2,1-5H3,(H,33,34)(H,28,29,38)/t13-,15?,16+,17+,21?,22?/m1/s1. The number of nitrogens with zero attached hydrogens (tertiary/aromatic N) is 1. The molecule has 38 heavy (non-hydrogen) atoms. The molecule has 214 valence electrons. The molecule has 3 heterocycles. The maximum absolute atomic E-state index is 14.5. The average Bonchev–Trinajstić information content (AvgIpc) is 3.07. The summed E-state index contributed by atoms with van der Waals surface area (Å²) in [7, 11) is -4.55. The second-order valence-electron chi connectivity index (χ2n) is 9.98. The number of ether oxygens (including phenoxy) is 1. The highest BCUT2D eigenvalue weighted by Crippen LogP contribution is 2.59. The van der Waals surface area contributed by atoms with Gasteiger partial charge in [0.05, 0.1) is 11.7 Å². The van der Waals surface area contributed by atoms with Crippen molar-refractivity contribution < 1.29 is 51.6 Å². The number of aliphatic hydroxyl groups excluding tert-OH is 2. The average molecular weight is 587 g/mol. The number of alkyl halides is 3. The zero-order chi connectivity index (χ0) is 29.0. The summed E-state index contributed by atoms with van der Waals surface area (Å²) in [5.41, 5.74) is -3.32. The Bertz CT molecular complexity index is 1270. The number of halogens is 4. The molecule has 3 aliphatic rings. The second-order valence-corrected chi connectivity index (χ2v) is 12.6. The molecule has 0 radical (unpaired) electrons. The summed E-state index contributed by atoms with van der Waals surface area (Å²) in [6.07, 6.45) is -10.6. The van der Waals surface area contributed by atoms with Gasteiger partial charge >= 0.3 is 13.8 Å². The van der Waals surface area contributed by atoms with E-state index in [1.165, 1.54) is 26.8 Å². The van der Waals surface area contributed by atoms with E-state index in [-0.39, 0.29) is 46.4 Å². The SMILES string of the molecule is CCC(C)(C[C@H]1O[C@@H](c2cc3c(C)c(F)c(C(F)(F)F)[nH]c-3nc2=S)[C@@H](O)C1O)OP(=O)(O)C(C)(O)CC. The van der Waals surface area contributed by atoms with Gasteiger partial charge in [-0.3, -0.25) is 4.57 Å². The van der Waals surface area contributed by atoms with E-state index in [2.05, 4.69) is 4.98 Å². The number of aliphatic hydroxyl groups is 3. The molecule has 0 aromatic heterocycles. The predicted octanol–water partition coefficient (Wildman–Crippen LogP) is 4.75. The molecule has 1 fully saturated rings. The first-order valence-electron chi connectivity index (χ1n) is 11.9. The molecule has 7 atom stereocenters. The number of H-pyrrole nitrogens is 1. The number of aromatic amines is 1. The van der Waals surface area contributed by atoms with Gasteiger partial charge in [-0.2, -0.15) is 13.2 Å². The fourth-order valence-electron chi connectivity index (χ4n) is 4.21. The zero-order valence-corrected chi connectivity index (χ0v) is 23.0. The van der Waals surface area contributed by atoms with Crippen molar-refractivity contribution in [1.29, 1.82) is 0 Å². The number of aromatic nitrogens is 2. The summed E-state index contributed by atoms with van der Waals surface area (Å²) in [5.74, 6) is -1.84. The van der Waals surface area contributed by atoms with Crippen LogP contribution in [-0.4, -0.2) is 59.4 Å². The predicted molar refractivity (Wildman–Crippen MR) is 131 cm³/mol. The van der Waals surface area contributed by atoms with Gasteiger partial charge in [-0.25, -0.2) is 9.37 Å². The summed E-state index contributed by atoms with van der Waals surface area (Å²) in [6, 6.07) is 1.25. The summed E-state index contributed by atoms with van der Waals surface area (Å²) in [4.78, 5) is 16.3. The maximum atomic E-state index is 14.5. The van der Waals surface area contributed by atoms with Crippen LogP contribution in [0.1, 0.15) is 69.9 Å². The Morgan fingerprint density at radius 1 is 1.21 bits per heavy atom. The van der Waals surface area contributed by atoms with Gasteiger partial charge in [0.15, 0.2) is 16.9 Å². The number of pyridine rings is 2. The summed E-state index contributed by atoms with van der Waals surface area (Å²) in [6.45, 7) is 6.98. The Kier molecular flexibility index (Phi) is 8.55. The number of rotatable bonds is 8. The van der Waals surface area contributed by atoms with Crippen LogP contribution in [0.25, 0.3) is 11.4 Å². The fraction of sp³-hybridized carbons (Fsp3) is 0.652. The van der Waals surface area contributed by atoms with Gasteiger partial charge in [0, 0.05) is 17.5 Å². The smallest absolute Gasteiger partial charge is 0.388 e. The van der Waals surface area contributed by atoms with E-state index in [4.69, 9.17) is 21.5 Å². The highest BCUT2D eigenvalue weighted by atomic mass is 32.1. The molecular weight excluding hydrogens is 555 g/mol. The van der Waals surface area contributed by atoms with Crippen molar-refractivity contribution in [1.82, 2.24) is 9.97 Å². The maximum Gasteiger partial charge on any atom is 0.434 e. The fourth-order valence-corrected chi connectivity index (χ4v) is 5.88. The van der Waals surface area contributed by atoms with Gasteiger partial charge in [0.1, 0.15) is 28.8 Å². The molecular formula is C23H31F4N2O7PS. The zero-order valence-electron chi connectivity index (χ0n) is 21.3. The van der Waals surface area contributed by atoms with E-state index < -0.39 is 60.6 Å². The first-order valence-corrected chi connectivity index (χ1v) is 13.8. The first kappa shape index (κ1) is 31.0. The van der Waals surface area contributed by atoms with Crippen LogP contribution in [0.5, 0.6) is 0 Å². The molecule has 1 saturated heterocycles. The molecule has 0 spiro atoms. The molecule has 3 rings (SSSR count). The van der Waals surface area contributed by atoms with Crippen LogP contribution in [-0.2, 0) is 20.0 Å². The highest BCUT2D eigenvalue weighted by Gasteiger charge is 2.51. The Balaban J connectivity index is 1.96. The molecule has 4 unspecified atom stereocenters. The molecule has 0 aromatic carbocycles. The van der Waals surface area contributed by atoms with Gasteiger partial charge in [0.2, 0.25) is 0 Å². The van der Waals surface area contributed by atoms with Crippen LogP contribution in [0.3, 0.4) is 0 Å². The van der Waals surface area contributed by atoms with Crippen molar-refractivity contribution in [2.45, 2.75) is 95.4 Å². The monoisotopic (exact) mass is 586 g/mol. The summed E-state index contributed by atoms with van der Waals surface area (Å²) in [5, 5.41) is 29.8. The minimum atomic E-state index is -5.00. The summed E-state index contributed by atoms with van der Waals surface area (Å²) < 4.78 is 78.0. The van der Waals surface area contributed by atoms with Crippen LogP contribution in [0, 0.1) is 17.4 Å². The van der Waals surface area contributed by atoms with Gasteiger partial charge in [-0.1, -0.05) is 26.1 Å². The van der Waals surface area contributed by atoms with E-state index in [1.807, 2.05) is 4.98 Å². The lowest BCUT2D eigenvalue weighted by Gasteiger charge is -2.37. The van der Waals surface area contributed by atoms with Crippen molar-refractivity contribution in [2.75, 3.05) is 0 Å². The third kappa shape index (κ3) is 5.68. The molecule has 9 nitrogen and oxygen atoms in total. The lowest BCUT2D eigenvalue weighted by atomic mass is 9.92. The minimum Gasteiger partial charge on any atom is -0.388 e. The van der Waals surface area contributed by atoms with Crippen molar-refractivity contribution in [3.05, 3.63) is 33.3 Å². The Morgan fingerprint density at radius 3 is 2.34 bits per heavy atom. The van der Waals surface area contributed by atoms with E-state index in [0.29, 0.717) is 0 Å². The van der Waals surface area contributed by atoms with Crippen LogP contribution in [0.15, 0.2) is 6.07 Å². The lowest BCUT2D eigenvalue weighted by Crippen LogP contribution is -2.40. The molecule has 3 aliphatic heterocycles. The summed E-state index contributed by atoms with van der Waals surface area (Å²) >= 11 is 5.22. The molecule has 15 heteroatoms. The third-order valence-electron chi connectivity index (χ3n) is 7.17. The number of hydrogen-bond acceptors (Lipinski definition) is 8. The van der Waals surface area contributed by atoms with E-state index in [0.717, 1.165) is 6.92 Å². The van der Waals surface area contributed by atoms with Crippen LogP contribution >= 0.6 is 19.8 Å². The number of hydrogen-bond donors (Lipinski definition) is 5. The molecule has 0 saturated carbocycles. The normalized spacial score (nSPS) is 27.2. The Labute approximate surface area is 221 Å². The second kappa shape index (κ2) is 10.5. The largest absolute Gasteiger partial charge is 0.434 e. The van der Waals surface area contributed by atoms with Gasteiger partial charge in [-0.05, 0) is 45.2 Å². The van der Waals surface area contributed by atoms with E-state index in [9.17, 15) is 42.3 Å². The number of fused-ring (bicyclic) bond motifs is 1. The Morgan fingerprint density at radius 2 is 1.82 bits per heavy atom. The minimum absolute atomic E-state index is 0.0300.